The minimum atomic E-state index is 0.730. The quantitative estimate of drug-likeness (QED) is 0.588. The summed E-state index contributed by atoms with van der Waals surface area (Å²) in [6, 6.07) is 6.42. The highest BCUT2D eigenvalue weighted by molar-refractivity contribution is 5.34. The Morgan fingerprint density at radius 1 is 1.38 bits per heavy atom. The number of ether oxygens (including phenoxy) is 1. The van der Waals surface area contributed by atoms with Crippen LogP contribution in [0.2, 0.25) is 0 Å². The summed E-state index contributed by atoms with van der Waals surface area (Å²) in [5.41, 5.74) is 3.95. The molecule has 0 unspecified atom stereocenters. The van der Waals surface area contributed by atoms with E-state index < -0.39 is 0 Å². The van der Waals surface area contributed by atoms with Crippen LogP contribution in [0.4, 0.5) is 0 Å². The van der Waals surface area contributed by atoms with E-state index in [1.54, 1.807) is 0 Å². The van der Waals surface area contributed by atoms with Crippen LogP contribution < -0.4 is 0 Å². The second-order valence-electron chi connectivity index (χ2n) is 3.29. The maximum absolute atomic E-state index is 5.36. The topological polar surface area (TPSA) is 9.23 Å². The van der Waals surface area contributed by atoms with E-state index in [9.17, 15) is 0 Å². The third-order valence-electron chi connectivity index (χ3n) is 2.35. The molecule has 1 aliphatic rings. The molecule has 0 aliphatic carbocycles. The van der Waals surface area contributed by atoms with Gasteiger partial charge in [-0.2, -0.15) is 0 Å². The zero-order chi connectivity index (χ0) is 9.10. The molecule has 1 aromatic carbocycles. The molecule has 0 fully saturated rings. The highest BCUT2D eigenvalue weighted by Gasteiger charge is 2.08. The fourth-order valence-electron chi connectivity index (χ4n) is 1.64. The number of hydrogen-bond donors (Lipinski definition) is 0. The van der Waals surface area contributed by atoms with Gasteiger partial charge in [-0.15, -0.1) is 12.3 Å². The maximum Gasteiger partial charge on any atom is 0.0719 e. The van der Waals surface area contributed by atoms with E-state index in [1.807, 2.05) is 0 Å². The summed E-state index contributed by atoms with van der Waals surface area (Å²) < 4.78 is 5.36. The lowest BCUT2D eigenvalue weighted by Gasteiger charge is -2.16. The highest BCUT2D eigenvalue weighted by Crippen LogP contribution is 2.18. The van der Waals surface area contributed by atoms with Crippen LogP contribution in [0, 0.1) is 12.3 Å². The molecule has 1 heterocycles. The molecule has 0 spiro atoms. The normalized spacial score (nSPS) is 14.7. The van der Waals surface area contributed by atoms with Crippen LogP contribution in [0.15, 0.2) is 18.2 Å². The second kappa shape index (κ2) is 3.64. The Bertz CT molecular complexity index is 347. The number of benzene rings is 1. The number of hydrogen-bond acceptors (Lipinski definition) is 1. The summed E-state index contributed by atoms with van der Waals surface area (Å²) in [7, 11) is 0. The zero-order valence-corrected chi connectivity index (χ0v) is 7.55. The van der Waals surface area contributed by atoms with Gasteiger partial charge in [0.25, 0.3) is 0 Å². The molecule has 2 rings (SSSR count). The molecule has 66 valence electrons. The van der Waals surface area contributed by atoms with E-state index in [0.717, 1.165) is 26.1 Å². The molecule has 1 aromatic rings. The Hall–Kier alpha value is -1.26. The average molecular weight is 172 g/mol. The van der Waals surface area contributed by atoms with E-state index in [1.165, 1.54) is 16.7 Å². The first kappa shape index (κ1) is 8.34. The van der Waals surface area contributed by atoms with Crippen molar-refractivity contribution in [2.24, 2.45) is 0 Å². The van der Waals surface area contributed by atoms with Gasteiger partial charge in [0.15, 0.2) is 0 Å². The summed E-state index contributed by atoms with van der Waals surface area (Å²) in [5, 5.41) is 0. The molecule has 0 saturated heterocycles. The lowest BCUT2D eigenvalue weighted by atomic mass is 9.99. The van der Waals surface area contributed by atoms with Gasteiger partial charge in [0.1, 0.15) is 0 Å². The standard InChI is InChI=1S/C12H12O/c1-2-3-10-4-5-12-9-13-7-6-11(12)8-10/h1,4-5,8H,3,6-7,9H2. The molecule has 1 nitrogen and oxygen atoms in total. The Labute approximate surface area is 78.7 Å². The van der Waals surface area contributed by atoms with Crippen LogP contribution in [-0.4, -0.2) is 6.61 Å². The average Bonchev–Trinajstić information content (AvgIpc) is 2.18. The molecule has 0 amide bonds. The number of fused-ring (bicyclic) bond motifs is 1. The van der Waals surface area contributed by atoms with Gasteiger partial charge >= 0.3 is 0 Å². The van der Waals surface area contributed by atoms with Crippen LogP contribution >= 0.6 is 0 Å². The summed E-state index contributed by atoms with van der Waals surface area (Å²) >= 11 is 0. The fourth-order valence-corrected chi connectivity index (χ4v) is 1.64. The van der Waals surface area contributed by atoms with E-state index in [4.69, 9.17) is 11.2 Å². The van der Waals surface area contributed by atoms with Gasteiger partial charge < -0.3 is 4.74 Å². The van der Waals surface area contributed by atoms with Crippen LogP contribution in [0.3, 0.4) is 0 Å². The fraction of sp³-hybridized carbons (Fsp3) is 0.333. The van der Waals surface area contributed by atoms with Crippen molar-refractivity contribution in [1.82, 2.24) is 0 Å². The molecule has 0 saturated carbocycles. The monoisotopic (exact) mass is 172 g/mol. The van der Waals surface area contributed by atoms with Crippen molar-refractivity contribution >= 4 is 0 Å². The van der Waals surface area contributed by atoms with Crippen LogP contribution in [0.5, 0.6) is 0 Å². The molecule has 1 aliphatic heterocycles. The van der Waals surface area contributed by atoms with Crippen molar-refractivity contribution in [3.63, 3.8) is 0 Å². The summed E-state index contributed by atoms with van der Waals surface area (Å²) in [5.74, 6) is 2.66. The Morgan fingerprint density at radius 2 is 2.31 bits per heavy atom. The number of terminal acetylenes is 1. The van der Waals surface area contributed by atoms with Crippen molar-refractivity contribution in [3.05, 3.63) is 34.9 Å². The molecule has 13 heavy (non-hydrogen) atoms. The van der Waals surface area contributed by atoms with Crippen molar-refractivity contribution in [1.29, 1.82) is 0 Å². The van der Waals surface area contributed by atoms with Gasteiger partial charge in [-0.3, -0.25) is 0 Å². The summed E-state index contributed by atoms with van der Waals surface area (Å²) in [6.07, 6.45) is 7.01. The van der Waals surface area contributed by atoms with Gasteiger partial charge in [-0.1, -0.05) is 18.2 Å². The van der Waals surface area contributed by atoms with Gasteiger partial charge in [0.05, 0.1) is 13.2 Å². The van der Waals surface area contributed by atoms with Crippen molar-refractivity contribution in [2.45, 2.75) is 19.4 Å². The zero-order valence-electron chi connectivity index (χ0n) is 7.55. The first-order valence-corrected chi connectivity index (χ1v) is 4.52. The SMILES string of the molecule is C#CCc1ccc2c(c1)CCOC2. The molecule has 0 N–H and O–H groups in total. The van der Waals surface area contributed by atoms with Gasteiger partial charge in [0.2, 0.25) is 0 Å². The van der Waals surface area contributed by atoms with Crippen LogP contribution in [0.25, 0.3) is 0 Å². The van der Waals surface area contributed by atoms with Gasteiger partial charge in [-0.25, -0.2) is 0 Å². The molecule has 0 bridgehead atoms. The molecular weight excluding hydrogens is 160 g/mol. The molecule has 0 aromatic heterocycles. The third kappa shape index (κ3) is 1.74. The molecule has 0 radical (unpaired) electrons. The lowest BCUT2D eigenvalue weighted by Crippen LogP contribution is -2.09. The predicted molar refractivity (Wildman–Crippen MR) is 52.3 cm³/mol. The Morgan fingerprint density at radius 3 is 3.15 bits per heavy atom. The predicted octanol–water partition coefficient (Wildman–Crippen LogP) is 1.94. The van der Waals surface area contributed by atoms with Gasteiger partial charge in [0, 0.05) is 6.42 Å². The lowest BCUT2D eigenvalue weighted by molar-refractivity contribution is 0.110. The Kier molecular flexibility index (Phi) is 2.33. The van der Waals surface area contributed by atoms with Gasteiger partial charge in [-0.05, 0) is 23.1 Å². The first-order valence-electron chi connectivity index (χ1n) is 4.52. The minimum Gasteiger partial charge on any atom is -0.376 e. The first-order chi connectivity index (χ1) is 6.40. The Balaban J connectivity index is 2.31. The minimum absolute atomic E-state index is 0.730. The van der Waals surface area contributed by atoms with Crippen LogP contribution in [0.1, 0.15) is 16.7 Å². The van der Waals surface area contributed by atoms with E-state index >= 15 is 0 Å². The highest BCUT2D eigenvalue weighted by atomic mass is 16.5. The summed E-state index contributed by atoms with van der Waals surface area (Å²) in [4.78, 5) is 0. The summed E-state index contributed by atoms with van der Waals surface area (Å²) in [6.45, 7) is 1.60. The van der Waals surface area contributed by atoms with Crippen molar-refractivity contribution < 1.29 is 4.74 Å². The molecular formula is C12H12O. The molecule has 1 heteroatoms. The van der Waals surface area contributed by atoms with E-state index in [0.29, 0.717) is 0 Å². The van der Waals surface area contributed by atoms with Crippen molar-refractivity contribution in [3.8, 4) is 12.3 Å². The third-order valence-corrected chi connectivity index (χ3v) is 2.35. The number of rotatable bonds is 1. The van der Waals surface area contributed by atoms with Crippen LogP contribution in [-0.2, 0) is 24.2 Å². The smallest absolute Gasteiger partial charge is 0.0719 e. The second-order valence-corrected chi connectivity index (χ2v) is 3.29. The maximum atomic E-state index is 5.36. The van der Waals surface area contributed by atoms with Crippen molar-refractivity contribution in [2.75, 3.05) is 6.61 Å². The van der Waals surface area contributed by atoms with E-state index in [2.05, 4.69) is 24.1 Å². The molecule has 0 atom stereocenters. The van der Waals surface area contributed by atoms with E-state index in [-0.39, 0.29) is 0 Å². The largest absolute Gasteiger partial charge is 0.376 e.